The number of hydrogen-bond acceptors (Lipinski definition) is 4. The molecule has 0 heterocycles. The third-order valence-corrected chi connectivity index (χ3v) is 4.98. The zero-order chi connectivity index (χ0) is 13.6. The van der Waals surface area contributed by atoms with Gasteiger partial charge in [0.15, 0.2) is 0 Å². The van der Waals surface area contributed by atoms with E-state index < -0.39 is 0 Å². The van der Waals surface area contributed by atoms with Gasteiger partial charge >= 0.3 is 5.97 Å². The molecule has 4 nitrogen and oxygen atoms in total. The van der Waals surface area contributed by atoms with Gasteiger partial charge in [0.25, 0.3) is 0 Å². The molecule has 4 rings (SSSR count). The van der Waals surface area contributed by atoms with E-state index in [9.17, 15) is 14.7 Å². The van der Waals surface area contributed by atoms with Crippen molar-refractivity contribution in [3.05, 3.63) is 11.1 Å². The van der Waals surface area contributed by atoms with E-state index in [2.05, 4.69) is 0 Å². The lowest BCUT2D eigenvalue weighted by Gasteiger charge is -2.45. The second kappa shape index (κ2) is 4.75. The molecule has 0 spiro atoms. The molecule has 1 N–H and O–H groups in total. The van der Waals surface area contributed by atoms with Crippen molar-refractivity contribution in [3.8, 4) is 0 Å². The Kier molecular flexibility index (Phi) is 3.21. The normalized spacial score (nSPS) is 36.6. The van der Waals surface area contributed by atoms with Gasteiger partial charge in [0.2, 0.25) is 0 Å². The lowest BCUT2D eigenvalue weighted by molar-refractivity contribution is -0.157. The molecular formula is C15H20O4. The molecule has 0 aromatic carbocycles. The Morgan fingerprint density at radius 2 is 2.11 bits per heavy atom. The van der Waals surface area contributed by atoms with Crippen molar-refractivity contribution in [2.45, 2.75) is 32.6 Å². The summed E-state index contributed by atoms with van der Waals surface area (Å²) < 4.78 is 5.12. The molecule has 4 atom stereocenters. The summed E-state index contributed by atoms with van der Waals surface area (Å²) in [4.78, 5) is 24.5. The number of ether oxygens (including phenoxy) is 1. The molecule has 4 heteroatoms. The van der Waals surface area contributed by atoms with Crippen molar-refractivity contribution in [1.29, 1.82) is 0 Å². The van der Waals surface area contributed by atoms with Crippen LogP contribution in [0.4, 0.5) is 0 Å². The quantitative estimate of drug-likeness (QED) is 0.619. The van der Waals surface area contributed by atoms with Crippen LogP contribution in [-0.2, 0) is 14.3 Å². The maximum absolute atomic E-state index is 12.5. The maximum Gasteiger partial charge on any atom is 0.310 e. The van der Waals surface area contributed by atoms with Crippen molar-refractivity contribution in [1.82, 2.24) is 0 Å². The number of aliphatic hydroxyl groups excluding tert-OH is 1. The first-order valence-electron chi connectivity index (χ1n) is 7.22. The minimum atomic E-state index is -0.308. The van der Waals surface area contributed by atoms with Crippen molar-refractivity contribution < 1.29 is 19.4 Å². The van der Waals surface area contributed by atoms with Crippen LogP contribution in [0.15, 0.2) is 11.1 Å². The summed E-state index contributed by atoms with van der Waals surface area (Å²) in [6, 6.07) is 0. The summed E-state index contributed by atoms with van der Waals surface area (Å²) in [6.07, 6.45) is 3.74. The Morgan fingerprint density at radius 3 is 2.79 bits per heavy atom. The van der Waals surface area contributed by atoms with E-state index >= 15 is 0 Å². The molecular weight excluding hydrogens is 244 g/mol. The van der Waals surface area contributed by atoms with Crippen LogP contribution in [0.5, 0.6) is 0 Å². The number of fused-ring (bicyclic) bond motifs is 2. The van der Waals surface area contributed by atoms with Gasteiger partial charge in [0, 0.05) is 5.92 Å². The molecule has 1 unspecified atom stereocenters. The van der Waals surface area contributed by atoms with Gasteiger partial charge in [-0.05, 0) is 38.5 Å². The number of carbonyl (C=O) groups excluding carboxylic acids is 2. The first-order valence-corrected chi connectivity index (χ1v) is 7.22. The molecule has 0 saturated heterocycles. The number of aliphatic hydroxyl groups is 1. The second-order valence-electron chi connectivity index (χ2n) is 5.77. The Hall–Kier alpha value is -1.16. The fourth-order valence-corrected chi connectivity index (χ4v) is 4.27. The number of ketones is 1. The van der Waals surface area contributed by atoms with Crippen LogP contribution in [0.1, 0.15) is 32.6 Å². The van der Waals surface area contributed by atoms with E-state index in [-0.39, 0.29) is 42.0 Å². The molecule has 104 valence electrons. The lowest BCUT2D eigenvalue weighted by atomic mass is 9.57. The van der Waals surface area contributed by atoms with E-state index in [1.54, 1.807) is 6.92 Å². The molecule has 0 aliphatic heterocycles. The van der Waals surface area contributed by atoms with Crippen molar-refractivity contribution >= 4 is 11.8 Å². The Labute approximate surface area is 112 Å². The number of rotatable bonds is 3. The largest absolute Gasteiger partial charge is 0.466 e. The Balaban J connectivity index is 1.96. The first kappa shape index (κ1) is 12.9. The molecule has 2 bridgehead atoms. The van der Waals surface area contributed by atoms with Gasteiger partial charge in [-0.3, -0.25) is 9.59 Å². The molecule has 1 fully saturated rings. The standard InChI is InChI=1S/C15H20O4/c1-2-19-15(18)11-6-10-8-4-3-5-9(8)13(11)14(17)12(10)7-16/h10-13,16H,2-7H2,1H3/t10-,11-,12?,13-/m0/s1. The SMILES string of the molecule is CCOC(=O)[C@H]1C[C@H]2C3=C(CCC3)[C@@H]1C(=O)C2CO. The Morgan fingerprint density at radius 1 is 1.37 bits per heavy atom. The maximum atomic E-state index is 12.5. The van der Waals surface area contributed by atoms with Crippen LogP contribution >= 0.6 is 0 Å². The van der Waals surface area contributed by atoms with E-state index in [1.807, 2.05) is 0 Å². The van der Waals surface area contributed by atoms with E-state index in [4.69, 9.17) is 4.74 Å². The molecule has 4 aliphatic rings. The highest BCUT2D eigenvalue weighted by atomic mass is 16.5. The minimum absolute atomic E-state index is 0.0671. The van der Waals surface area contributed by atoms with Gasteiger partial charge < -0.3 is 9.84 Å². The summed E-state index contributed by atoms with van der Waals surface area (Å²) in [7, 11) is 0. The minimum Gasteiger partial charge on any atom is -0.466 e. The van der Waals surface area contributed by atoms with Crippen molar-refractivity contribution in [2.24, 2.45) is 23.7 Å². The molecule has 0 amide bonds. The monoisotopic (exact) mass is 264 g/mol. The number of carbonyl (C=O) groups is 2. The van der Waals surface area contributed by atoms with E-state index in [0.717, 1.165) is 19.3 Å². The third-order valence-electron chi connectivity index (χ3n) is 4.98. The summed E-state index contributed by atoms with van der Waals surface area (Å²) in [5.74, 6) is -0.990. The molecule has 0 aromatic rings. The summed E-state index contributed by atoms with van der Waals surface area (Å²) in [5, 5.41) is 9.47. The van der Waals surface area contributed by atoms with E-state index in [1.165, 1.54) is 11.1 Å². The molecule has 19 heavy (non-hydrogen) atoms. The summed E-state index contributed by atoms with van der Waals surface area (Å²) in [5.41, 5.74) is 2.56. The van der Waals surface area contributed by atoms with Gasteiger partial charge in [0.05, 0.1) is 25.0 Å². The van der Waals surface area contributed by atoms with Crippen LogP contribution in [0.2, 0.25) is 0 Å². The van der Waals surface area contributed by atoms with Crippen LogP contribution < -0.4 is 0 Å². The smallest absolute Gasteiger partial charge is 0.310 e. The van der Waals surface area contributed by atoms with Crippen LogP contribution in [0.3, 0.4) is 0 Å². The lowest BCUT2D eigenvalue weighted by Crippen LogP contribution is -2.50. The number of esters is 1. The van der Waals surface area contributed by atoms with Gasteiger partial charge in [-0.2, -0.15) is 0 Å². The Bertz CT molecular complexity index is 451. The van der Waals surface area contributed by atoms with Crippen molar-refractivity contribution in [2.75, 3.05) is 13.2 Å². The number of Topliss-reactive ketones (excluding diaryl/α,β-unsaturated/α-hetero) is 1. The summed E-state index contributed by atoms with van der Waals surface area (Å²) >= 11 is 0. The predicted octanol–water partition coefficient (Wildman–Crippen LogP) is 1.47. The first-order chi connectivity index (χ1) is 9.19. The van der Waals surface area contributed by atoms with Gasteiger partial charge in [-0.1, -0.05) is 11.1 Å². The molecule has 0 aromatic heterocycles. The zero-order valence-electron chi connectivity index (χ0n) is 11.2. The van der Waals surface area contributed by atoms with Gasteiger partial charge in [-0.15, -0.1) is 0 Å². The van der Waals surface area contributed by atoms with Crippen LogP contribution in [0, 0.1) is 23.7 Å². The average molecular weight is 264 g/mol. The number of allylic oxidation sites excluding steroid dienone is 2. The highest BCUT2D eigenvalue weighted by molar-refractivity contribution is 5.94. The fraction of sp³-hybridized carbons (Fsp3) is 0.733. The van der Waals surface area contributed by atoms with Crippen LogP contribution in [0.25, 0.3) is 0 Å². The zero-order valence-corrected chi connectivity index (χ0v) is 11.2. The van der Waals surface area contributed by atoms with Gasteiger partial charge in [0.1, 0.15) is 5.78 Å². The average Bonchev–Trinajstić information content (AvgIpc) is 2.89. The van der Waals surface area contributed by atoms with Crippen LogP contribution in [-0.4, -0.2) is 30.1 Å². The molecule has 1 saturated carbocycles. The third kappa shape index (κ3) is 1.76. The topological polar surface area (TPSA) is 63.6 Å². The fourth-order valence-electron chi connectivity index (χ4n) is 4.27. The van der Waals surface area contributed by atoms with E-state index in [0.29, 0.717) is 13.0 Å². The predicted molar refractivity (Wildman–Crippen MR) is 68.2 cm³/mol. The second-order valence-corrected chi connectivity index (χ2v) is 5.77. The van der Waals surface area contributed by atoms with Crippen molar-refractivity contribution in [3.63, 3.8) is 0 Å². The molecule has 0 radical (unpaired) electrons. The molecule has 4 aliphatic carbocycles. The highest BCUT2D eigenvalue weighted by Gasteiger charge is 2.54. The number of hydrogen-bond donors (Lipinski definition) is 1. The van der Waals surface area contributed by atoms with Gasteiger partial charge in [-0.25, -0.2) is 0 Å². The summed E-state index contributed by atoms with van der Waals surface area (Å²) in [6.45, 7) is 2.06. The highest BCUT2D eigenvalue weighted by Crippen LogP contribution is 2.54.